The second-order valence-electron chi connectivity index (χ2n) is 7.35. The molecule has 27 heavy (non-hydrogen) atoms. The molecule has 1 aromatic carbocycles. The van der Waals surface area contributed by atoms with Crippen LogP contribution in [0.25, 0.3) is 0 Å². The number of anilines is 2. The number of aromatic nitrogens is 1. The largest absolute Gasteiger partial charge is 0.329 e. The van der Waals surface area contributed by atoms with Gasteiger partial charge in [0.15, 0.2) is 0 Å². The molecular weight excluding hydrogens is 367 g/mol. The fourth-order valence-corrected chi connectivity index (χ4v) is 4.27. The van der Waals surface area contributed by atoms with E-state index < -0.39 is 5.82 Å². The Labute approximate surface area is 162 Å². The lowest BCUT2D eigenvalue weighted by Gasteiger charge is -2.43. The summed E-state index contributed by atoms with van der Waals surface area (Å²) >= 11 is 6.11. The number of fused-ring (bicyclic) bond motifs is 1. The van der Waals surface area contributed by atoms with Crippen LogP contribution < -0.4 is 15.5 Å². The maximum Gasteiger partial charge on any atom is 0.329 e. The van der Waals surface area contributed by atoms with Crippen LogP contribution in [-0.2, 0) is 6.54 Å². The minimum Gasteiger partial charge on any atom is -0.328 e. The number of aryl methyl sites for hydroxylation is 1. The van der Waals surface area contributed by atoms with Crippen molar-refractivity contribution in [3.63, 3.8) is 0 Å². The van der Waals surface area contributed by atoms with Gasteiger partial charge < -0.3 is 5.73 Å². The van der Waals surface area contributed by atoms with Gasteiger partial charge in [-0.25, -0.2) is 14.2 Å². The number of nitrogens with two attached hydrogens (primary N) is 1. The van der Waals surface area contributed by atoms with Crippen LogP contribution in [0.4, 0.5) is 20.6 Å². The summed E-state index contributed by atoms with van der Waals surface area (Å²) in [5.41, 5.74) is 8.71. The number of nitrogens with zero attached hydrogens (tertiary/aromatic N) is 3. The van der Waals surface area contributed by atoms with E-state index in [0.717, 1.165) is 42.5 Å². The fourth-order valence-electron chi connectivity index (χ4n) is 4.12. The summed E-state index contributed by atoms with van der Waals surface area (Å²) in [6.45, 7) is 2.08. The summed E-state index contributed by atoms with van der Waals surface area (Å²) in [6.07, 6.45) is 5.03. The van der Waals surface area contributed by atoms with E-state index in [2.05, 4.69) is 4.98 Å². The van der Waals surface area contributed by atoms with Gasteiger partial charge in [-0.15, -0.1) is 0 Å². The number of para-hydroxylation sites is 1. The van der Waals surface area contributed by atoms with Crippen LogP contribution in [-0.4, -0.2) is 23.1 Å². The van der Waals surface area contributed by atoms with Gasteiger partial charge in [-0.3, -0.25) is 9.80 Å². The molecule has 2 N–H and O–H groups in total. The van der Waals surface area contributed by atoms with E-state index in [1.54, 1.807) is 23.2 Å². The van der Waals surface area contributed by atoms with Gasteiger partial charge >= 0.3 is 6.03 Å². The van der Waals surface area contributed by atoms with Crippen molar-refractivity contribution in [2.24, 2.45) is 5.73 Å². The standard InChI is InChI=1S/C20H22ClFN4O/c1-12-3-2-4-16(22)19(12)25-11-13-10-24-18(21)9-17(13)26(20(25)27)15-7-5-14(23)6-8-15/h2-4,9-10,14-15H,5-8,11,23H2,1H3/t14-,15-. The van der Waals surface area contributed by atoms with Gasteiger partial charge in [-0.05, 0) is 50.3 Å². The first-order valence-corrected chi connectivity index (χ1v) is 9.59. The average Bonchev–Trinajstić information content (AvgIpc) is 2.63. The molecule has 0 saturated heterocycles. The highest BCUT2D eigenvalue weighted by molar-refractivity contribution is 6.29. The zero-order valence-electron chi connectivity index (χ0n) is 15.2. The summed E-state index contributed by atoms with van der Waals surface area (Å²) < 4.78 is 14.6. The number of amides is 2. The Bertz CT molecular complexity index is 862. The number of pyridine rings is 1. The fraction of sp³-hybridized carbons (Fsp3) is 0.400. The van der Waals surface area contributed by atoms with Crippen LogP contribution in [0.1, 0.15) is 36.8 Å². The predicted octanol–water partition coefficient (Wildman–Crippen LogP) is 4.40. The van der Waals surface area contributed by atoms with Crippen LogP contribution >= 0.6 is 11.6 Å². The number of benzene rings is 1. The van der Waals surface area contributed by atoms with Crippen molar-refractivity contribution in [3.8, 4) is 0 Å². The van der Waals surface area contributed by atoms with Crippen LogP contribution in [0.2, 0.25) is 5.15 Å². The molecule has 0 spiro atoms. The third-order valence-corrected chi connectivity index (χ3v) is 5.73. The van der Waals surface area contributed by atoms with Gasteiger partial charge in [0.05, 0.1) is 17.9 Å². The molecule has 0 radical (unpaired) electrons. The lowest BCUT2D eigenvalue weighted by molar-refractivity contribution is 0.243. The van der Waals surface area contributed by atoms with Crippen molar-refractivity contribution in [1.29, 1.82) is 0 Å². The number of urea groups is 1. The van der Waals surface area contributed by atoms with Gasteiger partial charge in [0.1, 0.15) is 11.0 Å². The molecule has 0 unspecified atom stereocenters. The molecule has 1 aliphatic heterocycles. The van der Waals surface area contributed by atoms with Crippen LogP contribution in [0.15, 0.2) is 30.5 Å². The summed E-state index contributed by atoms with van der Waals surface area (Å²) in [7, 11) is 0. The molecule has 1 fully saturated rings. The molecule has 0 atom stereocenters. The third-order valence-electron chi connectivity index (χ3n) is 5.52. The van der Waals surface area contributed by atoms with Gasteiger partial charge in [-0.1, -0.05) is 23.7 Å². The van der Waals surface area contributed by atoms with E-state index in [9.17, 15) is 9.18 Å². The molecule has 1 saturated carbocycles. The summed E-state index contributed by atoms with van der Waals surface area (Å²) in [5.74, 6) is -0.403. The zero-order valence-corrected chi connectivity index (χ0v) is 15.9. The van der Waals surface area contributed by atoms with E-state index in [0.29, 0.717) is 10.8 Å². The Balaban J connectivity index is 1.79. The normalized spacial score (nSPS) is 22.7. The monoisotopic (exact) mass is 388 g/mol. The quantitative estimate of drug-likeness (QED) is 0.775. The number of carbonyl (C=O) groups is 1. The maximum atomic E-state index is 14.6. The van der Waals surface area contributed by atoms with Crippen LogP contribution in [0.3, 0.4) is 0 Å². The lowest BCUT2D eigenvalue weighted by atomic mass is 9.90. The van der Waals surface area contributed by atoms with Crippen molar-refractivity contribution in [1.82, 2.24) is 4.98 Å². The van der Waals surface area contributed by atoms with Crippen LogP contribution in [0, 0.1) is 12.7 Å². The zero-order chi connectivity index (χ0) is 19.1. The summed E-state index contributed by atoms with van der Waals surface area (Å²) in [5, 5.41) is 0.342. The van der Waals surface area contributed by atoms with Gasteiger partial charge in [0, 0.05) is 23.8 Å². The van der Waals surface area contributed by atoms with E-state index in [1.165, 1.54) is 11.0 Å². The molecule has 1 aliphatic carbocycles. The molecule has 142 valence electrons. The number of rotatable bonds is 2. The van der Waals surface area contributed by atoms with Crippen molar-refractivity contribution in [3.05, 3.63) is 52.6 Å². The van der Waals surface area contributed by atoms with E-state index >= 15 is 0 Å². The lowest BCUT2D eigenvalue weighted by Crippen LogP contribution is -2.53. The molecule has 5 nitrogen and oxygen atoms in total. The van der Waals surface area contributed by atoms with Gasteiger partial charge in [0.2, 0.25) is 0 Å². The first kappa shape index (κ1) is 18.2. The van der Waals surface area contributed by atoms with Crippen molar-refractivity contribution in [2.45, 2.75) is 51.2 Å². The number of carbonyl (C=O) groups excluding carboxylic acids is 1. The number of hydrogen-bond acceptors (Lipinski definition) is 3. The predicted molar refractivity (Wildman–Crippen MR) is 105 cm³/mol. The summed E-state index contributed by atoms with van der Waals surface area (Å²) in [6, 6.07) is 6.54. The van der Waals surface area contributed by atoms with E-state index in [-0.39, 0.29) is 24.7 Å². The Morgan fingerprint density at radius 2 is 2.00 bits per heavy atom. The second kappa shape index (κ2) is 7.09. The smallest absolute Gasteiger partial charge is 0.328 e. The van der Waals surface area contributed by atoms with E-state index in [4.69, 9.17) is 17.3 Å². The van der Waals surface area contributed by atoms with Crippen molar-refractivity contribution < 1.29 is 9.18 Å². The first-order valence-electron chi connectivity index (χ1n) is 9.21. The minimum absolute atomic E-state index is 0.0180. The molecule has 4 rings (SSSR count). The second-order valence-corrected chi connectivity index (χ2v) is 7.74. The van der Waals surface area contributed by atoms with Crippen molar-refractivity contribution in [2.75, 3.05) is 9.80 Å². The number of hydrogen-bond donors (Lipinski definition) is 1. The van der Waals surface area contributed by atoms with Gasteiger partial charge in [0.25, 0.3) is 0 Å². The first-order chi connectivity index (χ1) is 13.0. The van der Waals surface area contributed by atoms with Crippen LogP contribution in [0.5, 0.6) is 0 Å². The highest BCUT2D eigenvalue weighted by Crippen LogP contribution is 2.38. The Morgan fingerprint density at radius 3 is 2.70 bits per heavy atom. The average molecular weight is 389 g/mol. The molecule has 7 heteroatoms. The topological polar surface area (TPSA) is 62.5 Å². The minimum atomic E-state index is -0.403. The molecule has 2 aliphatic rings. The Morgan fingerprint density at radius 1 is 1.26 bits per heavy atom. The van der Waals surface area contributed by atoms with E-state index in [1.807, 2.05) is 13.0 Å². The molecule has 2 aromatic rings. The number of halogens is 2. The third kappa shape index (κ3) is 3.28. The molecule has 1 aromatic heterocycles. The highest BCUT2D eigenvalue weighted by atomic mass is 35.5. The molecule has 0 bridgehead atoms. The SMILES string of the molecule is Cc1cccc(F)c1N1Cc2cnc(Cl)cc2N([C@H]2CC[C@H](N)CC2)C1=O. The molecule has 2 heterocycles. The summed E-state index contributed by atoms with van der Waals surface area (Å²) in [4.78, 5) is 20.9. The van der Waals surface area contributed by atoms with Gasteiger partial charge in [-0.2, -0.15) is 0 Å². The molecular formula is C20H22ClFN4O. The Hall–Kier alpha value is -2.18. The molecule has 2 amide bonds. The maximum absolute atomic E-state index is 14.6. The Kier molecular flexibility index (Phi) is 4.78. The van der Waals surface area contributed by atoms with Crippen molar-refractivity contribution >= 4 is 29.0 Å². The highest BCUT2D eigenvalue weighted by Gasteiger charge is 2.38.